The van der Waals surface area contributed by atoms with E-state index in [0.29, 0.717) is 11.5 Å². The fourth-order valence-electron chi connectivity index (χ4n) is 2.90. The number of benzene rings is 1. The lowest BCUT2D eigenvalue weighted by Crippen LogP contribution is -2.23. The van der Waals surface area contributed by atoms with Crippen molar-refractivity contribution in [1.29, 1.82) is 0 Å². The average molecular weight is 321 g/mol. The Hall–Kier alpha value is -3.09. The second-order valence-electron chi connectivity index (χ2n) is 6.92. The van der Waals surface area contributed by atoms with Gasteiger partial charge in [-0.1, -0.05) is 6.07 Å². The fourth-order valence-corrected chi connectivity index (χ4v) is 2.90. The van der Waals surface area contributed by atoms with Crippen LogP contribution < -0.4 is 11.5 Å². The average Bonchev–Trinajstić information content (AvgIpc) is 3.07. The fraction of sp³-hybridized carbons (Fsp3) is 0.235. The molecule has 0 aliphatic carbocycles. The highest BCUT2D eigenvalue weighted by atomic mass is 15.3. The van der Waals surface area contributed by atoms with Gasteiger partial charge in [0.05, 0.1) is 16.6 Å². The summed E-state index contributed by atoms with van der Waals surface area (Å²) in [7, 11) is 0. The van der Waals surface area contributed by atoms with Crippen molar-refractivity contribution < 1.29 is 0 Å². The minimum absolute atomic E-state index is 0.228. The number of hydrogen-bond donors (Lipinski definition) is 3. The highest BCUT2D eigenvalue weighted by Gasteiger charge is 2.24. The number of nitrogens with zero attached hydrogens (tertiary/aromatic N) is 4. The highest BCUT2D eigenvalue weighted by Crippen LogP contribution is 2.34. The second kappa shape index (κ2) is 4.70. The van der Waals surface area contributed by atoms with Gasteiger partial charge >= 0.3 is 0 Å². The first kappa shape index (κ1) is 14.5. The summed E-state index contributed by atoms with van der Waals surface area (Å²) < 4.78 is 1.88. The normalized spacial score (nSPS) is 12.3. The molecule has 4 rings (SSSR count). The molecular weight excluding hydrogens is 302 g/mol. The Balaban J connectivity index is 2.05. The zero-order chi connectivity index (χ0) is 17.1. The Bertz CT molecular complexity index is 1070. The first-order valence-electron chi connectivity index (χ1n) is 7.73. The van der Waals surface area contributed by atoms with Gasteiger partial charge in [0, 0.05) is 16.6 Å². The molecule has 122 valence electrons. The lowest BCUT2D eigenvalue weighted by Gasteiger charge is -2.19. The van der Waals surface area contributed by atoms with Crippen molar-refractivity contribution in [2.24, 2.45) is 0 Å². The van der Waals surface area contributed by atoms with Crippen molar-refractivity contribution in [3.63, 3.8) is 0 Å². The Morgan fingerprint density at radius 2 is 1.88 bits per heavy atom. The van der Waals surface area contributed by atoms with E-state index in [1.807, 2.05) is 28.9 Å². The van der Waals surface area contributed by atoms with E-state index >= 15 is 0 Å². The Morgan fingerprint density at radius 1 is 1.08 bits per heavy atom. The first-order valence-corrected chi connectivity index (χ1v) is 7.73. The highest BCUT2D eigenvalue weighted by molar-refractivity contribution is 6.00. The minimum Gasteiger partial charge on any atom is -0.399 e. The number of aromatic amines is 1. The summed E-state index contributed by atoms with van der Waals surface area (Å²) in [5.74, 6) is 0.420. The summed E-state index contributed by atoms with van der Waals surface area (Å²) >= 11 is 0. The van der Waals surface area contributed by atoms with Gasteiger partial charge in [-0.25, -0.2) is 14.6 Å². The number of hydrogen-bond acceptors (Lipinski definition) is 5. The molecule has 0 atom stereocenters. The largest absolute Gasteiger partial charge is 0.399 e. The van der Waals surface area contributed by atoms with Gasteiger partial charge in [-0.3, -0.25) is 0 Å². The smallest absolute Gasteiger partial charge is 0.164 e. The van der Waals surface area contributed by atoms with Gasteiger partial charge in [0.2, 0.25) is 0 Å². The van der Waals surface area contributed by atoms with E-state index in [4.69, 9.17) is 16.6 Å². The number of fused-ring (bicyclic) bond motifs is 2. The van der Waals surface area contributed by atoms with Crippen LogP contribution >= 0.6 is 0 Å². The summed E-state index contributed by atoms with van der Waals surface area (Å²) in [5.41, 5.74) is 15.8. The maximum atomic E-state index is 6.13. The Kier molecular flexibility index (Phi) is 2.84. The predicted octanol–water partition coefficient (Wildman–Crippen LogP) is 2.89. The number of nitrogens with two attached hydrogens (primary N) is 2. The third-order valence-corrected chi connectivity index (χ3v) is 4.03. The maximum absolute atomic E-state index is 6.13. The summed E-state index contributed by atoms with van der Waals surface area (Å²) in [6.07, 6.45) is 1.47. The van der Waals surface area contributed by atoms with Crippen LogP contribution in [0.25, 0.3) is 33.3 Å². The molecule has 0 aliphatic rings. The van der Waals surface area contributed by atoms with Crippen LogP contribution in [0.4, 0.5) is 11.5 Å². The molecule has 4 aromatic rings. The summed E-state index contributed by atoms with van der Waals surface area (Å²) in [4.78, 5) is 11.9. The van der Waals surface area contributed by atoms with Crippen molar-refractivity contribution in [2.75, 3.05) is 11.5 Å². The predicted molar refractivity (Wildman–Crippen MR) is 96.4 cm³/mol. The first-order chi connectivity index (χ1) is 11.3. The lowest BCUT2D eigenvalue weighted by atomic mass is 10.1. The summed E-state index contributed by atoms with van der Waals surface area (Å²) in [6.45, 7) is 6.23. The van der Waals surface area contributed by atoms with E-state index < -0.39 is 0 Å². The van der Waals surface area contributed by atoms with E-state index in [9.17, 15) is 0 Å². The van der Waals surface area contributed by atoms with E-state index in [-0.39, 0.29) is 5.54 Å². The van der Waals surface area contributed by atoms with Crippen LogP contribution in [0.5, 0.6) is 0 Å². The van der Waals surface area contributed by atoms with Crippen molar-refractivity contribution in [2.45, 2.75) is 26.3 Å². The topological polar surface area (TPSA) is 111 Å². The van der Waals surface area contributed by atoms with Crippen LogP contribution in [0.1, 0.15) is 20.8 Å². The van der Waals surface area contributed by atoms with E-state index in [0.717, 1.165) is 33.3 Å². The number of nitrogens with one attached hydrogen (secondary N) is 1. The summed E-state index contributed by atoms with van der Waals surface area (Å²) in [6, 6.07) is 7.80. The van der Waals surface area contributed by atoms with Crippen molar-refractivity contribution in [3.05, 3.63) is 30.6 Å². The van der Waals surface area contributed by atoms with Crippen molar-refractivity contribution in [3.8, 4) is 11.4 Å². The van der Waals surface area contributed by atoms with Gasteiger partial charge in [0.1, 0.15) is 17.8 Å². The summed E-state index contributed by atoms with van der Waals surface area (Å²) in [5, 5.41) is 6.60. The Labute approximate surface area is 138 Å². The molecule has 1 aromatic carbocycles. The van der Waals surface area contributed by atoms with Crippen LogP contribution in [0.2, 0.25) is 0 Å². The van der Waals surface area contributed by atoms with Crippen LogP contribution in [0, 0.1) is 0 Å². The molecule has 0 unspecified atom stereocenters. The van der Waals surface area contributed by atoms with Gasteiger partial charge in [0.25, 0.3) is 0 Å². The van der Waals surface area contributed by atoms with Crippen LogP contribution in [-0.2, 0) is 5.54 Å². The monoisotopic (exact) mass is 321 g/mol. The van der Waals surface area contributed by atoms with Crippen LogP contribution in [0.15, 0.2) is 30.6 Å². The minimum atomic E-state index is -0.228. The van der Waals surface area contributed by atoms with Gasteiger partial charge in [-0.2, -0.15) is 5.10 Å². The van der Waals surface area contributed by atoms with Crippen LogP contribution in [-0.4, -0.2) is 24.7 Å². The van der Waals surface area contributed by atoms with Crippen molar-refractivity contribution in [1.82, 2.24) is 24.7 Å². The number of rotatable bonds is 1. The molecule has 7 heteroatoms. The standard InChI is InChI=1S/C17H19N7/c1-17(2,3)24-16-13(15(19)20-8-21-16)14(23-24)12-6-9-4-5-10(18)7-11(9)22-12/h4-8,22H,18H2,1-3H3,(H2,19,20,21). The van der Waals surface area contributed by atoms with Crippen molar-refractivity contribution >= 4 is 33.4 Å². The molecule has 24 heavy (non-hydrogen) atoms. The Morgan fingerprint density at radius 3 is 2.62 bits per heavy atom. The lowest BCUT2D eigenvalue weighted by molar-refractivity contribution is 0.366. The van der Waals surface area contributed by atoms with Gasteiger partial charge in [-0.05, 0) is 39.0 Å². The molecule has 3 heterocycles. The SMILES string of the molecule is CC(C)(C)n1nc(-c2cc3ccc(N)cc3[nH]2)c2c(N)ncnc21. The molecule has 0 fully saturated rings. The molecule has 0 amide bonds. The van der Waals surface area contributed by atoms with E-state index in [2.05, 4.69) is 35.7 Å². The molecule has 0 saturated heterocycles. The zero-order valence-corrected chi connectivity index (χ0v) is 13.8. The molecular formula is C17H19N7. The van der Waals surface area contributed by atoms with Gasteiger partial charge in [0.15, 0.2) is 5.65 Å². The molecule has 0 spiro atoms. The molecule has 0 saturated carbocycles. The molecule has 3 aromatic heterocycles. The second-order valence-corrected chi connectivity index (χ2v) is 6.92. The third-order valence-electron chi connectivity index (χ3n) is 4.03. The number of nitrogen functional groups attached to an aromatic ring is 2. The molecule has 0 radical (unpaired) electrons. The van der Waals surface area contributed by atoms with E-state index in [1.54, 1.807) is 0 Å². The zero-order valence-electron chi connectivity index (χ0n) is 13.8. The molecule has 7 nitrogen and oxygen atoms in total. The third kappa shape index (κ3) is 2.09. The molecule has 0 bridgehead atoms. The number of aromatic nitrogens is 5. The van der Waals surface area contributed by atoms with Crippen LogP contribution in [0.3, 0.4) is 0 Å². The maximum Gasteiger partial charge on any atom is 0.164 e. The number of H-pyrrole nitrogens is 1. The van der Waals surface area contributed by atoms with Gasteiger partial charge in [-0.15, -0.1) is 0 Å². The quantitative estimate of drug-likeness (QED) is 0.467. The number of anilines is 2. The molecule has 0 aliphatic heterocycles. The molecule has 5 N–H and O–H groups in total. The van der Waals surface area contributed by atoms with E-state index in [1.165, 1.54) is 6.33 Å². The van der Waals surface area contributed by atoms with Gasteiger partial charge < -0.3 is 16.5 Å².